The highest BCUT2D eigenvalue weighted by Crippen LogP contribution is 2.29. The van der Waals surface area contributed by atoms with E-state index in [4.69, 9.17) is 9.72 Å². The Bertz CT molecular complexity index is 1150. The maximum Gasteiger partial charge on any atom is 0.137 e. The second kappa shape index (κ2) is 8.88. The molecule has 0 unspecified atom stereocenters. The number of nitrogens with one attached hydrogen (secondary N) is 1. The maximum absolute atomic E-state index is 5.35. The lowest BCUT2D eigenvalue weighted by molar-refractivity contribution is 0.281. The smallest absolute Gasteiger partial charge is 0.137 e. The second-order valence-electron chi connectivity index (χ2n) is 7.90. The van der Waals surface area contributed by atoms with Crippen molar-refractivity contribution < 1.29 is 4.74 Å². The standard InChI is InChI=1S/C25H27N5O/c1-31-22-8-5-19(6-9-22)25-23(18-29-14-3-12-26-13-15-29)30-17-21(7-10-24(30)28-25)20-4-2-11-27-16-20/h2,4-11,16-17,26H,3,12-15,18H2,1H3. The van der Waals surface area contributed by atoms with Crippen molar-refractivity contribution in [3.05, 3.63) is 72.8 Å². The summed E-state index contributed by atoms with van der Waals surface area (Å²) in [6.45, 7) is 5.10. The number of ether oxygens (including phenoxy) is 1. The molecule has 6 heteroatoms. The fraction of sp³-hybridized carbons (Fsp3) is 0.280. The average Bonchev–Trinajstić information content (AvgIpc) is 2.98. The molecule has 1 aliphatic heterocycles. The van der Waals surface area contributed by atoms with Gasteiger partial charge in [0.15, 0.2) is 0 Å². The van der Waals surface area contributed by atoms with Crippen LogP contribution in [0.5, 0.6) is 5.75 Å². The van der Waals surface area contributed by atoms with Crippen molar-refractivity contribution in [2.75, 3.05) is 33.3 Å². The Kier molecular flexibility index (Phi) is 5.65. The fourth-order valence-corrected chi connectivity index (χ4v) is 4.20. The summed E-state index contributed by atoms with van der Waals surface area (Å²) >= 11 is 0. The van der Waals surface area contributed by atoms with Crippen molar-refractivity contribution in [2.45, 2.75) is 13.0 Å². The minimum atomic E-state index is 0.853. The molecule has 31 heavy (non-hydrogen) atoms. The topological polar surface area (TPSA) is 54.7 Å². The van der Waals surface area contributed by atoms with Gasteiger partial charge in [0.1, 0.15) is 11.4 Å². The SMILES string of the molecule is COc1ccc(-c2nc3ccc(-c4cccnc4)cn3c2CN2CCCNCC2)cc1. The van der Waals surface area contributed by atoms with E-state index in [1.54, 1.807) is 13.3 Å². The molecule has 1 N–H and O–H groups in total. The third-order valence-corrected chi connectivity index (χ3v) is 5.88. The summed E-state index contributed by atoms with van der Waals surface area (Å²) in [7, 11) is 1.69. The molecule has 1 aliphatic rings. The predicted molar refractivity (Wildman–Crippen MR) is 123 cm³/mol. The normalized spacial score (nSPS) is 15.1. The minimum absolute atomic E-state index is 0.853. The zero-order valence-corrected chi connectivity index (χ0v) is 17.8. The average molecular weight is 414 g/mol. The molecule has 4 aromatic rings. The highest BCUT2D eigenvalue weighted by Gasteiger charge is 2.19. The number of benzene rings is 1. The van der Waals surface area contributed by atoms with E-state index in [0.717, 1.165) is 72.9 Å². The Balaban J connectivity index is 1.61. The Morgan fingerprint density at radius 1 is 0.968 bits per heavy atom. The van der Waals surface area contributed by atoms with Crippen molar-refractivity contribution in [3.8, 4) is 28.1 Å². The predicted octanol–water partition coefficient (Wildman–Crippen LogP) is 3.87. The molecular formula is C25H27N5O. The first-order chi connectivity index (χ1) is 15.3. The van der Waals surface area contributed by atoms with Crippen LogP contribution in [0.3, 0.4) is 0 Å². The number of fused-ring (bicyclic) bond motifs is 1. The summed E-state index contributed by atoms with van der Waals surface area (Å²) in [5.74, 6) is 0.853. The fourth-order valence-electron chi connectivity index (χ4n) is 4.20. The largest absolute Gasteiger partial charge is 0.497 e. The van der Waals surface area contributed by atoms with Gasteiger partial charge in [-0.05, 0) is 62.0 Å². The highest BCUT2D eigenvalue weighted by molar-refractivity contribution is 5.70. The molecule has 0 saturated carbocycles. The van der Waals surface area contributed by atoms with E-state index < -0.39 is 0 Å². The van der Waals surface area contributed by atoms with Crippen molar-refractivity contribution in [3.63, 3.8) is 0 Å². The summed E-state index contributed by atoms with van der Waals surface area (Å²) in [5.41, 5.74) is 6.56. The van der Waals surface area contributed by atoms with E-state index in [1.807, 2.05) is 24.4 Å². The van der Waals surface area contributed by atoms with Crippen LogP contribution >= 0.6 is 0 Å². The van der Waals surface area contributed by atoms with Gasteiger partial charge in [-0.1, -0.05) is 6.07 Å². The quantitative estimate of drug-likeness (QED) is 0.538. The molecule has 3 aromatic heterocycles. The van der Waals surface area contributed by atoms with Crippen LogP contribution in [0, 0.1) is 0 Å². The van der Waals surface area contributed by atoms with Crippen molar-refractivity contribution >= 4 is 5.65 Å². The van der Waals surface area contributed by atoms with Crippen molar-refractivity contribution in [1.29, 1.82) is 0 Å². The van der Waals surface area contributed by atoms with Crippen LogP contribution in [-0.2, 0) is 6.54 Å². The molecule has 5 rings (SSSR count). The van der Waals surface area contributed by atoms with Gasteiger partial charge in [0.2, 0.25) is 0 Å². The first kappa shape index (κ1) is 19.7. The van der Waals surface area contributed by atoms with Crippen LogP contribution in [0.4, 0.5) is 0 Å². The molecule has 0 bridgehead atoms. The van der Waals surface area contributed by atoms with E-state index in [2.05, 4.69) is 56.1 Å². The molecule has 0 atom stereocenters. The molecule has 0 spiro atoms. The van der Waals surface area contributed by atoms with Crippen LogP contribution in [0.25, 0.3) is 28.0 Å². The molecule has 158 valence electrons. The van der Waals surface area contributed by atoms with E-state index in [9.17, 15) is 0 Å². The molecular weight excluding hydrogens is 386 g/mol. The Morgan fingerprint density at radius 3 is 2.65 bits per heavy atom. The summed E-state index contributed by atoms with van der Waals surface area (Å²) in [6, 6.07) is 16.5. The van der Waals surface area contributed by atoms with E-state index in [-0.39, 0.29) is 0 Å². The van der Waals surface area contributed by atoms with E-state index in [1.165, 1.54) is 5.69 Å². The minimum Gasteiger partial charge on any atom is -0.497 e. The Hall–Kier alpha value is -3.22. The molecule has 4 heterocycles. The number of pyridine rings is 2. The molecule has 1 aromatic carbocycles. The van der Waals surface area contributed by atoms with Gasteiger partial charge in [-0.15, -0.1) is 0 Å². The molecule has 0 amide bonds. The molecule has 1 saturated heterocycles. The Labute approximate surface area is 182 Å². The van der Waals surface area contributed by atoms with Crippen LogP contribution in [-0.4, -0.2) is 52.6 Å². The van der Waals surface area contributed by atoms with E-state index in [0.29, 0.717) is 0 Å². The molecule has 0 aliphatic carbocycles. The number of imidazole rings is 1. The highest BCUT2D eigenvalue weighted by atomic mass is 16.5. The maximum atomic E-state index is 5.35. The van der Waals surface area contributed by atoms with Gasteiger partial charge in [-0.25, -0.2) is 4.98 Å². The summed E-state index contributed by atoms with van der Waals surface area (Å²) in [4.78, 5) is 11.8. The van der Waals surface area contributed by atoms with Crippen molar-refractivity contribution in [2.24, 2.45) is 0 Å². The first-order valence-corrected chi connectivity index (χ1v) is 10.8. The van der Waals surface area contributed by atoms with Crippen LogP contribution < -0.4 is 10.1 Å². The molecule has 1 fully saturated rings. The number of hydrogen-bond donors (Lipinski definition) is 1. The third kappa shape index (κ3) is 4.17. The zero-order valence-electron chi connectivity index (χ0n) is 17.8. The lowest BCUT2D eigenvalue weighted by atomic mass is 10.1. The third-order valence-electron chi connectivity index (χ3n) is 5.88. The number of aromatic nitrogens is 3. The van der Waals surface area contributed by atoms with Gasteiger partial charge in [-0.3, -0.25) is 9.88 Å². The van der Waals surface area contributed by atoms with Gasteiger partial charge in [0, 0.05) is 54.9 Å². The Morgan fingerprint density at radius 2 is 1.84 bits per heavy atom. The van der Waals surface area contributed by atoms with Gasteiger partial charge in [0.25, 0.3) is 0 Å². The summed E-state index contributed by atoms with van der Waals surface area (Å²) in [6.07, 6.45) is 7.07. The van der Waals surface area contributed by atoms with E-state index >= 15 is 0 Å². The van der Waals surface area contributed by atoms with Gasteiger partial charge in [-0.2, -0.15) is 0 Å². The van der Waals surface area contributed by atoms with Crippen LogP contribution in [0.1, 0.15) is 12.1 Å². The van der Waals surface area contributed by atoms with Gasteiger partial charge >= 0.3 is 0 Å². The number of rotatable bonds is 5. The first-order valence-electron chi connectivity index (χ1n) is 10.8. The van der Waals surface area contributed by atoms with Crippen LogP contribution in [0.15, 0.2) is 67.1 Å². The zero-order chi connectivity index (χ0) is 21.0. The summed E-state index contributed by atoms with van der Waals surface area (Å²) < 4.78 is 7.60. The van der Waals surface area contributed by atoms with Gasteiger partial charge < -0.3 is 14.5 Å². The lowest BCUT2D eigenvalue weighted by Gasteiger charge is -2.20. The monoisotopic (exact) mass is 413 g/mol. The lowest BCUT2D eigenvalue weighted by Crippen LogP contribution is -2.28. The van der Waals surface area contributed by atoms with Crippen molar-refractivity contribution in [1.82, 2.24) is 24.6 Å². The van der Waals surface area contributed by atoms with Crippen LogP contribution in [0.2, 0.25) is 0 Å². The summed E-state index contributed by atoms with van der Waals surface area (Å²) in [5, 5.41) is 3.50. The number of nitrogens with zero attached hydrogens (tertiary/aromatic N) is 4. The molecule has 6 nitrogen and oxygen atoms in total. The van der Waals surface area contributed by atoms with Gasteiger partial charge in [0.05, 0.1) is 18.5 Å². The number of hydrogen-bond acceptors (Lipinski definition) is 5. The molecule has 0 radical (unpaired) electrons. The second-order valence-corrected chi connectivity index (χ2v) is 7.90. The number of methoxy groups -OCH3 is 1.